The Kier molecular flexibility index (Phi) is 5.38. The van der Waals surface area contributed by atoms with Crippen LogP contribution in [0.2, 0.25) is 0 Å². The van der Waals surface area contributed by atoms with E-state index in [2.05, 4.69) is 10.00 Å². The second kappa shape index (κ2) is 7.70. The lowest BCUT2D eigenvalue weighted by molar-refractivity contribution is -0.135. The highest BCUT2D eigenvalue weighted by molar-refractivity contribution is 5.81. The molecule has 1 fully saturated rings. The lowest BCUT2D eigenvalue weighted by atomic mass is 10.2. The van der Waals surface area contributed by atoms with Crippen molar-refractivity contribution in [1.29, 1.82) is 0 Å². The number of hydrogen-bond donors (Lipinski definition) is 0. The van der Waals surface area contributed by atoms with Gasteiger partial charge in [0.15, 0.2) is 0 Å². The van der Waals surface area contributed by atoms with Crippen LogP contribution in [0, 0.1) is 0 Å². The van der Waals surface area contributed by atoms with E-state index in [1.165, 1.54) is 0 Å². The Hall–Kier alpha value is -2.34. The van der Waals surface area contributed by atoms with Crippen LogP contribution in [0.5, 0.6) is 5.75 Å². The van der Waals surface area contributed by atoms with E-state index in [-0.39, 0.29) is 11.9 Å². The van der Waals surface area contributed by atoms with E-state index in [1.807, 2.05) is 60.2 Å². The van der Waals surface area contributed by atoms with Crippen molar-refractivity contribution in [2.75, 3.05) is 27.2 Å². The number of amides is 1. The summed E-state index contributed by atoms with van der Waals surface area (Å²) in [4.78, 5) is 16.6. The van der Waals surface area contributed by atoms with E-state index in [0.29, 0.717) is 6.54 Å². The van der Waals surface area contributed by atoms with Crippen molar-refractivity contribution < 1.29 is 9.53 Å². The van der Waals surface area contributed by atoms with E-state index in [0.717, 1.165) is 42.9 Å². The van der Waals surface area contributed by atoms with Crippen molar-refractivity contribution in [3.63, 3.8) is 0 Å². The summed E-state index contributed by atoms with van der Waals surface area (Å²) in [6, 6.07) is 7.66. The summed E-state index contributed by atoms with van der Waals surface area (Å²) in [5.74, 6) is 1.02. The second-order valence-corrected chi connectivity index (χ2v) is 6.62. The molecule has 1 amide bonds. The zero-order valence-corrected chi connectivity index (χ0v) is 15.2. The molecule has 0 aliphatic carbocycles. The van der Waals surface area contributed by atoms with Crippen LogP contribution in [0.4, 0.5) is 0 Å². The molecule has 2 aromatic rings. The molecule has 6 heteroatoms. The summed E-state index contributed by atoms with van der Waals surface area (Å²) in [6.07, 6.45) is 6.09. The molecule has 134 valence electrons. The first-order valence-corrected chi connectivity index (χ1v) is 8.75. The van der Waals surface area contributed by atoms with Crippen LogP contribution in [0.25, 0.3) is 5.69 Å². The van der Waals surface area contributed by atoms with Gasteiger partial charge in [0.25, 0.3) is 0 Å². The minimum atomic E-state index is -0.127. The van der Waals surface area contributed by atoms with Gasteiger partial charge in [-0.3, -0.25) is 9.69 Å². The van der Waals surface area contributed by atoms with Crippen LogP contribution >= 0.6 is 0 Å². The zero-order chi connectivity index (χ0) is 17.8. The number of benzene rings is 1. The maximum absolute atomic E-state index is 12.5. The van der Waals surface area contributed by atoms with Crippen LogP contribution in [0.1, 0.15) is 25.3 Å². The van der Waals surface area contributed by atoms with Gasteiger partial charge in [-0.25, -0.2) is 4.68 Å². The minimum Gasteiger partial charge on any atom is -0.497 e. The summed E-state index contributed by atoms with van der Waals surface area (Å²) in [6.45, 7) is 4.45. The van der Waals surface area contributed by atoms with Crippen molar-refractivity contribution >= 4 is 5.91 Å². The summed E-state index contributed by atoms with van der Waals surface area (Å²) in [5, 5.41) is 4.44. The van der Waals surface area contributed by atoms with Crippen molar-refractivity contribution in [2.24, 2.45) is 0 Å². The average molecular weight is 342 g/mol. The van der Waals surface area contributed by atoms with Crippen molar-refractivity contribution in [3.8, 4) is 11.4 Å². The van der Waals surface area contributed by atoms with Gasteiger partial charge in [0.05, 0.1) is 25.0 Å². The summed E-state index contributed by atoms with van der Waals surface area (Å²) < 4.78 is 7.09. The number of methoxy groups -OCH3 is 1. The monoisotopic (exact) mass is 342 g/mol. The van der Waals surface area contributed by atoms with E-state index in [1.54, 1.807) is 7.11 Å². The number of nitrogens with zero attached hydrogens (tertiary/aromatic N) is 4. The number of ether oxygens (including phenoxy) is 1. The number of rotatable bonds is 6. The molecule has 0 spiro atoms. The summed E-state index contributed by atoms with van der Waals surface area (Å²) in [5.41, 5.74) is 2.03. The third-order valence-corrected chi connectivity index (χ3v) is 4.82. The Bertz CT molecular complexity index is 722. The van der Waals surface area contributed by atoms with Gasteiger partial charge >= 0.3 is 0 Å². The average Bonchev–Trinajstić information content (AvgIpc) is 3.32. The zero-order valence-electron chi connectivity index (χ0n) is 15.2. The number of carbonyl (C=O) groups excluding carboxylic acids is 1. The van der Waals surface area contributed by atoms with Gasteiger partial charge in [-0.2, -0.15) is 5.10 Å². The first kappa shape index (κ1) is 17.5. The van der Waals surface area contributed by atoms with Crippen LogP contribution in [-0.2, 0) is 11.3 Å². The number of likely N-dealkylation sites (tertiary alicyclic amines) is 1. The lowest BCUT2D eigenvalue weighted by Gasteiger charge is -2.27. The fourth-order valence-corrected chi connectivity index (χ4v) is 3.15. The molecular weight excluding hydrogens is 316 g/mol. The quantitative estimate of drug-likeness (QED) is 0.808. The van der Waals surface area contributed by atoms with Gasteiger partial charge in [-0.1, -0.05) is 6.07 Å². The predicted octanol–water partition coefficient (Wildman–Crippen LogP) is 2.32. The maximum Gasteiger partial charge on any atom is 0.239 e. The molecule has 0 bridgehead atoms. The molecule has 1 aliphatic rings. The molecule has 1 aliphatic heterocycles. The Balaban J connectivity index is 1.64. The van der Waals surface area contributed by atoms with Crippen LogP contribution in [0.15, 0.2) is 36.7 Å². The van der Waals surface area contributed by atoms with Gasteiger partial charge in [0.1, 0.15) is 5.75 Å². The Morgan fingerprint density at radius 1 is 1.36 bits per heavy atom. The molecule has 1 atom stereocenters. The van der Waals surface area contributed by atoms with Crippen LogP contribution < -0.4 is 4.74 Å². The van der Waals surface area contributed by atoms with Gasteiger partial charge in [0.2, 0.25) is 5.91 Å². The van der Waals surface area contributed by atoms with E-state index >= 15 is 0 Å². The van der Waals surface area contributed by atoms with Gasteiger partial charge < -0.3 is 9.64 Å². The molecule has 25 heavy (non-hydrogen) atoms. The van der Waals surface area contributed by atoms with Gasteiger partial charge in [-0.05, 0) is 38.9 Å². The van der Waals surface area contributed by atoms with E-state index in [4.69, 9.17) is 4.74 Å². The standard InChI is InChI=1S/C19H26N4O2/c1-15(19(24)22-9-4-5-10-22)21(2)13-16-12-20-23(14-16)17-7-6-8-18(11-17)25-3/h6-8,11-12,14-15H,4-5,9-10,13H2,1-3H3. The highest BCUT2D eigenvalue weighted by Gasteiger charge is 2.26. The molecule has 3 rings (SSSR count). The Labute approximate surface area is 149 Å². The lowest BCUT2D eigenvalue weighted by Crippen LogP contribution is -2.44. The predicted molar refractivity (Wildman–Crippen MR) is 96.9 cm³/mol. The number of hydrogen-bond acceptors (Lipinski definition) is 4. The third-order valence-electron chi connectivity index (χ3n) is 4.82. The van der Waals surface area contributed by atoms with E-state index < -0.39 is 0 Å². The first-order chi connectivity index (χ1) is 12.1. The van der Waals surface area contributed by atoms with Gasteiger partial charge in [0, 0.05) is 37.5 Å². The first-order valence-electron chi connectivity index (χ1n) is 8.75. The molecule has 6 nitrogen and oxygen atoms in total. The normalized spacial score (nSPS) is 15.6. The Morgan fingerprint density at radius 3 is 2.84 bits per heavy atom. The van der Waals surface area contributed by atoms with Crippen LogP contribution in [-0.4, -0.2) is 58.8 Å². The number of carbonyl (C=O) groups is 1. The summed E-state index contributed by atoms with van der Waals surface area (Å²) in [7, 11) is 3.64. The maximum atomic E-state index is 12.5. The summed E-state index contributed by atoms with van der Waals surface area (Å²) >= 11 is 0. The molecule has 0 N–H and O–H groups in total. The molecule has 1 aromatic heterocycles. The third kappa shape index (κ3) is 4.02. The van der Waals surface area contributed by atoms with Crippen molar-refractivity contribution in [2.45, 2.75) is 32.4 Å². The fourth-order valence-electron chi connectivity index (χ4n) is 3.15. The molecule has 1 saturated heterocycles. The van der Waals surface area contributed by atoms with E-state index in [9.17, 15) is 4.79 Å². The highest BCUT2D eigenvalue weighted by atomic mass is 16.5. The largest absolute Gasteiger partial charge is 0.497 e. The second-order valence-electron chi connectivity index (χ2n) is 6.62. The molecule has 1 aromatic carbocycles. The highest BCUT2D eigenvalue weighted by Crippen LogP contribution is 2.17. The number of likely N-dealkylation sites (N-methyl/N-ethyl adjacent to an activating group) is 1. The van der Waals surface area contributed by atoms with Crippen LogP contribution in [0.3, 0.4) is 0 Å². The fraction of sp³-hybridized carbons (Fsp3) is 0.474. The Morgan fingerprint density at radius 2 is 2.12 bits per heavy atom. The minimum absolute atomic E-state index is 0.127. The molecule has 0 saturated carbocycles. The SMILES string of the molecule is COc1cccc(-n2cc(CN(C)C(C)C(=O)N3CCCC3)cn2)c1. The molecule has 2 heterocycles. The van der Waals surface area contributed by atoms with Crippen molar-refractivity contribution in [1.82, 2.24) is 19.6 Å². The molecule has 1 unspecified atom stereocenters. The van der Waals surface area contributed by atoms with Gasteiger partial charge in [-0.15, -0.1) is 0 Å². The smallest absolute Gasteiger partial charge is 0.239 e. The molecule has 0 radical (unpaired) electrons. The topological polar surface area (TPSA) is 50.6 Å². The van der Waals surface area contributed by atoms with Crippen molar-refractivity contribution in [3.05, 3.63) is 42.2 Å². The molecular formula is C19H26N4O2. The number of aromatic nitrogens is 2.